The van der Waals surface area contributed by atoms with Crippen LogP contribution in [0, 0.1) is 13.8 Å². The topological polar surface area (TPSA) is 34.1 Å². The maximum absolute atomic E-state index is 6.49. The van der Waals surface area contributed by atoms with E-state index >= 15 is 0 Å². The lowest BCUT2D eigenvalue weighted by molar-refractivity contribution is -0.0194. The molecule has 152 valence electrons. The van der Waals surface area contributed by atoms with Crippen LogP contribution in [-0.2, 0) is 0 Å². The molecular formula is C26H26N2O2. The first-order chi connectivity index (χ1) is 14.6. The van der Waals surface area contributed by atoms with Gasteiger partial charge in [0.25, 0.3) is 0 Å². The highest BCUT2D eigenvalue weighted by molar-refractivity contribution is 6.02. The van der Waals surface area contributed by atoms with Crippen molar-refractivity contribution < 1.29 is 9.47 Å². The third-order valence-corrected chi connectivity index (χ3v) is 5.89. The Morgan fingerprint density at radius 1 is 1.00 bits per heavy atom. The molecule has 0 saturated carbocycles. The number of ether oxygens (including phenoxy) is 2. The zero-order valence-electron chi connectivity index (χ0n) is 17.6. The summed E-state index contributed by atoms with van der Waals surface area (Å²) in [6.45, 7) is 6.93. The van der Waals surface area contributed by atoms with Gasteiger partial charge in [0.05, 0.1) is 18.4 Å². The highest BCUT2D eigenvalue weighted by Crippen LogP contribution is 2.47. The van der Waals surface area contributed by atoms with Crippen molar-refractivity contribution in [2.24, 2.45) is 5.10 Å². The number of aryl methyl sites for hydroxylation is 2. The van der Waals surface area contributed by atoms with E-state index in [-0.39, 0.29) is 12.3 Å². The molecule has 4 heteroatoms. The van der Waals surface area contributed by atoms with Crippen LogP contribution in [0.1, 0.15) is 53.4 Å². The van der Waals surface area contributed by atoms with E-state index in [1.54, 1.807) is 0 Å². The average Bonchev–Trinajstić information content (AvgIpc) is 3.20. The summed E-state index contributed by atoms with van der Waals surface area (Å²) in [5.74, 6) is 1.84. The molecule has 0 aliphatic carbocycles. The molecule has 0 amide bonds. The Morgan fingerprint density at radius 3 is 2.57 bits per heavy atom. The second-order valence-corrected chi connectivity index (χ2v) is 7.97. The van der Waals surface area contributed by atoms with Gasteiger partial charge in [-0.2, -0.15) is 5.10 Å². The van der Waals surface area contributed by atoms with Crippen molar-refractivity contribution in [2.45, 2.75) is 39.5 Å². The fourth-order valence-electron chi connectivity index (χ4n) is 4.43. The lowest BCUT2D eigenvalue weighted by Gasteiger charge is -2.38. The fraction of sp³-hybridized carbons (Fsp3) is 0.269. The van der Waals surface area contributed by atoms with Gasteiger partial charge in [-0.1, -0.05) is 42.0 Å². The minimum absolute atomic E-state index is 0.169. The molecule has 0 unspecified atom stereocenters. The molecule has 2 aliphatic rings. The zero-order valence-corrected chi connectivity index (χ0v) is 17.6. The molecule has 2 heterocycles. The van der Waals surface area contributed by atoms with Gasteiger partial charge in [-0.3, -0.25) is 0 Å². The number of rotatable bonds is 4. The quantitative estimate of drug-likeness (QED) is 0.545. The van der Waals surface area contributed by atoms with Crippen LogP contribution in [-0.4, -0.2) is 17.3 Å². The van der Waals surface area contributed by atoms with Gasteiger partial charge >= 0.3 is 0 Å². The van der Waals surface area contributed by atoms with Crippen LogP contribution in [0.5, 0.6) is 11.5 Å². The van der Waals surface area contributed by atoms with Gasteiger partial charge in [0, 0.05) is 17.5 Å². The molecule has 2 aliphatic heterocycles. The van der Waals surface area contributed by atoms with Gasteiger partial charge in [-0.25, -0.2) is 5.01 Å². The number of hydrogen-bond acceptors (Lipinski definition) is 4. The number of hydrazone groups is 1. The second kappa shape index (κ2) is 7.52. The lowest BCUT2D eigenvalue weighted by Crippen LogP contribution is -2.34. The minimum atomic E-state index is -0.231. The molecule has 30 heavy (non-hydrogen) atoms. The van der Waals surface area contributed by atoms with Crippen molar-refractivity contribution in [3.63, 3.8) is 0 Å². The average molecular weight is 399 g/mol. The predicted octanol–water partition coefficient (Wildman–Crippen LogP) is 5.94. The lowest BCUT2D eigenvalue weighted by atomic mass is 9.95. The molecule has 0 N–H and O–H groups in total. The van der Waals surface area contributed by atoms with Crippen molar-refractivity contribution in [3.8, 4) is 11.5 Å². The maximum atomic E-state index is 6.49. The smallest absolute Gasteiger partial charge is 0.214 e. The van der Waals surface area contributed by atoms with Crippen molar-refractivity contribution >= 4 is 5.71 Å². The van der Waals surface area contributed by atoms with E-state index in [4.69, 9.17) is 14.6 Å². The minimum Gasteiger partial charge on any atom is -0.494 e. The van der Waals surface area contributed by atoms with Crippen LogP contribution < -0.4 is 9.47 Å². The molecular weight excluding hydrogens is 372 g/mol. The Bertz CT molecular complexity index is 1100. The number of fused-ring (bicyclic) bond motifs is 3. The summed E-state index contributed by atoms with van der Waals surface area (Å²) in [4.78, 5) is 0. The Kier molecular flexibility index (Phi) is 4.70. The molecule has 0 spiro atoms. The SMILES string of the molecule is CCOc1ccc(C2=NN3[C@H](C2)c2ccccc2O[C@H]3c2ccc(C)cc2C)cc1. The largest absolute Gasteiger partial charge is 0.494 e. The van der Waals surface area contributed by atoms with Gasteiger partial charge in [-0.15, -0.1) is 0 Å². The van der Waals surface area contributed by atoms with Crippen molar-refractivity contribution in [1.29, 1.82) is 0 Å². The van der Waals surface area contributed by atoms with Crippen LogP contribution in [0.3, 0.4) is 0 Å². The first kappa shape index (κ1) is 18.7. The van der Waals surface area contributed by atoms with Crippen LogP contribution in [0.15, 0.2) is 71.8 Å². The van der Waals surface area contributed by atoms with Crippen LogP contribution in [0.4, 0.5) is 0 Å². The van der Waals surface area contributed by atoms with Gasteiger partial charge in [-0.05, 0) is 62.2 Å². The summed E-state index contributed by atoms with van der Waals surface area (Å²) in [7, 11) is 0. The number of hydrogen-bond donors (Lipinski definition) is 0. The molecule has 0 radical (unpaired) electrons. The van der Waals surface area contributed by atoms with Crippen LogP contribution in [0.2, 0.25) is 0 Å². The standard InChI is InChI=1S/C26H26N2O2/c1-4-29-20-12-10-19(11-13-20)23-16-24-22-7-5-6-8-25(22)30-26(28(24)27-23)21-14-9-17(2)15-18(21)3/h5-15,24,26H,4,16H2,1-3H3/t24-,26+/m1/s1. The van der Waals surface area contributed by atoms with Crippen LogP contribution in [0.25, 0.3) is 0 Å². The second-order valence-electron chi connectivity index (χ2n) is 7.97. The molecule has 0 bridgehead atoms. The summed E-state index contributed by atoms with van der Waals surface area (Å²) in [6.07, 6.45) is 0.626. The van der Waals surface area contributed by atoms with E-state index in [9.17, 15) is 0 Å². The normalized spacial score (nSPS) is 19.6. The van der Waals surface area contributed by atoms with Gasteiger partial charge < -0.3 is 9.47 Å². The first-order valence-electron chi connectivity index (χ1n) is 10.6. The molecule has 0 saturated heterocycles. The summed E-state index contributed by atoms with van der Waals surface area (Å²) < 4.78 is 12.1. The van der Waals surface area contributed by atoms with Crippen molar-refractivity contribution in [3.05, 3.63) is 94.5 Å². The zero-order chi connectivity index (χ0) is 20.7. The molecule has 0 fully saturated rings. The van der Waals surface area contributed by atoms with E-state index < -0.39 is 0 Å². The van der Waals surface area contributed by atoms with Crippen molar-refractivity contribution in [2.75, 3.05) is 6.61 Å². The fourth-order valence-corrected chi connectivity index (χ4v) is 4.43. The highest BCUT2D eigenvalue weighted by atomic mass is 16.5. The Hall–Kier alpha value is -3.27. The predicted molar refractivity (Wildman–Crippen MR) is 119 cm³/mol. The molecule has 5 rings (SSSR count). The molecule has 0 aromatic heterocycles. The summed E-state index contributed by atoms with van der Waals surface area (Å²) in [5.41, 5.74) is 7.05. The molecule has 4 nitrogen and oxygen atoms in total. The number of para-hydroxylation sites is 1. The molecule has 3 aromatic carbocycles. The first-order valence-corrected chi connectivity index (χ1v) is 10.6. The third kappa shape index (κ3) is 3.22. The Labute approximate surface area is 177 Å². The Morgan fingerprint density at radius 2 is 1.80 bits per heavy atom. The van der Waals surface area contributed by atoms with E-state index in [0.29, 0.717) is 6.61 Å². The van der Waals surface area contributed by atoms with E-state index in [1.807, 2.05) is 25.1 Å². The van der Waals surface area contributed by atoms with Gasteiger partial charge in [0.2, 0.25) is 6.23 Å². The summed E-state index contributed by atoms with van der Waals surface area (Å²) in [5, 5.41) is 7.20. The molecule has 2 atom stereocenters. The summed E-state index contributed by atoms with van der Waals surface area (Å²) in [6, 6.07) is 23.3. The van der Waals surface area contributed by atoms with Gasteiger partial charge in [0.15, 0.2) is 0 Å². The number of nitrogens with zero attached hydrogens (tertiary/aromatic N) is 2. The van der Waals surface area contributed by atoms with Crippen LogP contribution >= 0.6 is 0 Å². The van der Waals surface area contributed by atoms with E-state index in [0.717, 1.165) is 34.8 Å². The summed E-state index contributed by atoms with van der Waals surface area (Å²) >= 11 is 0. The monoisotopic (exact) mass is 398 g/mol. The Balaban J connectivity index is 1.55. The number of benzene rings is 3. The van der Waals surface area contributed by atoms with Gasteiger partial charge in [0.1, 0.15) is 11.5 Å². The molecule has 3 aromatic rings. The van der Waals surface area contributed by atoms with E-state index in [2.05, 4.69) is 67.4 Å². The van der Waals surface area contributed by atoms with E-state index in [1.165, 1.54) is 16.7 Å². The maximum Gasteiger partial charge on any atom is 0.214 e. The highest BCUT2D eigenvalue weighted by Gasteiger charge is 2.41. The third-order valence-electron chi connectivity index (χ3n) is 5.89. The van der Waals surface area contributed by atoms with Crippen molar-refractivity contribution in [1.82, 2.24) is 5.01 Å².